The van der Waals surface area contributed by atoms with Crippen LogP contribution >= 0.6 is 11.8 Å². The van der Waals surface area contributed by atoms with E-state index in [9.17, 15) is 9.18 Å². The Morgan fingerprint density at radius 2 is 2.09 bits per heavy atom. The average Bonchev–Trinajstić information content (AvgIpc) is 2.88. The van der Waals surface area contributed by atoms with Gasteiger partial charge in [-0.15, -0.1) is 11.8 Å². The Kier molecular flexibility index (Phi) is 4.49. The molecule has 3 aromatic rings. The summed E-state index contributed by atoms with van der Waals surface area (Å²) in [6, 6.07) is 13.9. The standard InChI is InChI=1S/C17H14FN3OS/c18-13-10-12(11-19)6-7-16(13)23-9-3-8-21-15-5-2-1-4-14(15)20-17(21)22/h1-2,4-7,10H,3,8-9H2,(H,20,22). The van der Waals surface area contributed by atoms with Crippen LogP contribution in [0.15, 0.2) is 52.2 Å². The van der Waals surface area contributed by atoms with E-state index in [1.165, 1.54) is 17.8 Å². The van der Waals surface area contributed by atoms with Crippen molar-refractivity contribution in [2.24, 2.45) is 0 Å². The molecule has 1 N–H and O–H groups in total. The number of hydrogen-bond donors (Lipinski definition) is 1. The molecule has 23 heavy (non-hydrogen) atoms. The van der Waals surface area contributed by atoms with E-state index in [0.717, 1.165) is 17.5 Å². The van der Waals surface area contributed by atoms with Gasteiger partial charge in [-0.1, -0.05) is 12.1 Å². The van der Waals surface area contributed by atoms with E-state index in [1.54, 1.807) is 16.7 Å². The summed E-state index contributed by atoms with van der Waals surface area (Å²) in [5.74, 6) is 0.313. The van der Waals surface area contributed by atoms with E-state index in [-0.39, 0.29) is 11.5 Å². The number of nitriles is 1. The number of aromatic amines is 1. The van der Waals surface area contributed by atoms with Gasteiger partial charge in [0.05, 0.1) is 22.7 Å². The van der Waals surface area contributed by atoms with Gasteiger partial charge in [-0.2, -0.15) is 5.26 Å². The second-order valence-electron chi connectivity index (χ2n) is 5.06. The van der Waals surface area contributed by atoms with Crippen LogP contribution in [0.2, 0.25) is 0 Å². The molecule has 0 fully saturated rings. The van der Waals surface area contributed by atoms with E-state index < -0.39 is 0 Å². The summed E-state index contributed by atoms with van der Waals surface area (Å²) in [5, 5.41) is 8.73. The molecule has 0 unspecified atom stereocenters. The lowest BCUT2D eigenvalue weighted by atomic mass is 10.2. The molecule has 1 aromatic heterocycles. The number of fused-ring (bicyclic) bond motifs is 1. The Hall–Kier alpha value is -2.52. The maximum absolute atomic E-state index is 13.8. The van der Waals surface area contributed by atoms with Crippen molar-refractivity contribution in [2.45, 2.75) is 17.9 Å². The molecule has 0 bridgehead atoms. The molecule has 0 aliphatic heterocycles. The van der Waals surface area contributed by atoms with E-state index in [2.05, 4.69) is 4.98 Å². The van der Waals surface area contributed by atoms with Crippen LogP contribution in [-0.2, 0) is 6.54 Å². The summed E-state index contributed by atoms with van der Waals surface area (Å²) in [7, 11) is 0. The molecular formula is C17H14FN3OS. The number of thioether (sulfide) groups is 1. The lowest BCUT2D eigenvalue weighted by molar-refractivity contribution is 0.601. The summed E-state index contributed by atoms with van der Waals surface area (Å²) in [6.45, 7) is 0.577. The van der Waals surface area contributed by atoms with Crippen molar-refractivity contribution in [2.75, 3.05) is 5.75 Å². The smallest absolute Gasteiger partial charge is 0.306 e. The summed E-state index contributed by atoms with van der Waals surface area (Å²) in [5.41, 5.74) is 1.90. The first kappa shape index (κ1) is 15.4. The third-order valence-electron chi connectivity index (χ3n) is 3.53. The normalized spacial score (nSPS) is 10.8. The fourth-order valence-electron chi connectivity index (χ4n) is 2.42. The van der Waals surface area contributed by atoms with Gasteiger partial charge >= 0.3 is 5.69 Å². The third-order valence-corrected chi connectivity index (χ3v) is 4.66. The molecule has 3 rings (SSSR count). The first-order valence-electron chi connectivity index (χ1n) is 7.19. The van der Waals surface area contributed by atoms with Crippen LogP contribution in [0.1, 0.15) is 12.0 Å². The van der Waals surface area contributed by atoms with Gasteiger partial charge in [0, 0.05) is 11.4 Å². The molecule has 116 valence electrons. The zero-order chi connectivity index (χ0) is 16.2. The van der Waals surface area contributed by atoms with Gasteiger partial charge in [0.15, 0.2) is 0 Å². The zero-order valence-electron chi connectivity index (χ0n) is 12.3. The number of aryl methyl sites for hydroxylation is 1. The number of halogens is 1. The minimum atomic E-state index is -0.377. The number of aromatic nitrogens is 2. The lowest BCUT2D eigenvalue weighted by Crippen LogP contribution is -2.17. The molecule has 0 radical (unpaired) electrons. The van der Waals surface area contributed by atoms with Crippen LogP contribution in [0.4, 0.5) is 4.39 Å². The Balaban J connectivity index is 1.63. The number of hydrogen-bond acceptors (Lipinski definition) is 3. The van der Waals surface area contributed by atoms with Gasteiger partial charge in [-0.05, 0) is 42.5 Å². The molecule has 4 nitrogen and oxygen atoms in total. The molecular weight excluding hydrogens is 313 g/mol. The summed E-state index contributed by atoms with van der Waals surface area (Å²) >= 11 is 1.39. The topological polar surface area (TPSA) is 61.6 Å². The van der Waals surface area contributed by atoms with Crippen LogP contribution in [-0.4, -0.2) is 15.3 Å². The van der Waals surface area contributed by atoms with Crippen LogP contribution in [0.25, 0.3) is 11.0 Å². The van der Waals surface area contributed by atoms with Gasteiger partial charge < -0.3 is 4.98 Å². The number of para-hydroxylation sites is 2. The number of rotatable bonds is 5. The monoisotopic (exact) mass is 327 g/mol. The van der Waals surface area contributed by atoms with Crippen molar-refractivity contribution in [1.82, 2.24) is 9.55 Å². The van der Waals surface area contributed by atoms with Crippen molar-refractivity contribution in [3.8, 4) is 6.07 Å². The van der Waals surface area contributed by atoms with Crippen LogP contribution in [0.5, 0.6) is 0 Å². The van der Waals surface area contributed by atoms with Crippen molar-refractivity contribution < 1.29 is 4.39 Å². The van der Waals surface area contributed by atoms with Gasteiger partial charge in [0.2, 0.25) is 0 Å². The van der Waals surface area contributed by atoms with E-state index in [1.807, 2.05) is 30.3 Å². The summed E-state index contributed by atoms with van der Waals surface area (Å²) in [6.07, 6.45) is 0.742. The zero-order valence-corrected chi connectivity index (χ0v) is 13.1. The van der Waals surface area contributed by atoms with E-state index in [0.29, 0.717) is 22.8 Å². The van der Waals surface area contributed by atoms with Crippen molar-refractivity contribution >= 4 is 22.8 Å². The molecule has 0 atom stereocenters. The SMILES string of the molecule is N#Cc1ccc(SCCCn2c(=O)[nH]c3ccccc32)c(F)c1. The maximum Gasteiger partial charge on any atom is 0.326 e. The van der Waals surface area contributed by atoms with Crippen LogP contribution in [0.3, 0.4) is 0 Å². The Morgan fingerprint density at radius 3 is 2.87 bits per heavy atom. The van der Waals surface area contributed by atoms with Gasteiger partial charge in [-0.25, -0.2) is 9.18 Å². The lowest BCUT2D eigenvalue weighted by Gasteiger charge is -2.05. The van der Waals surface area contributed by atoms with Gasteiger partial charge in [-0.3, -0.25) is 4.57 Å². The number of H-pyrrole nitrogens is 1. The second-order valence-corrected chi connectivity index (χ2v) is 6.19. The first-order valence-corrected chi connectivity index (χ1v) is 8.17. The minimum absolute atomic E-state index is 0.124. The van der Waals surface area contributed by atoms with Crippen LogP contribution < -0.4 is 5.69 Å². The van der Waals surface area contributed by atoms with Crippen molar-refractivity contribution in [3.05, 3.63) is 64.3 Å². The quantitative estimate of drug-likeness (QED) is 0.576. The predicted octanol–water partition coefficient (Wildman–Crippen LogP) is 3.52. The number of nitrogens with zero attached hydrogens (tertiary/aromatic N) is 2. The van der Waals surface area contributed by atoms with E-state index >= 15 is 0 Å². The Bertz CT molecular complexity index is 939. The molecule has 6 heteroatoms. The van der Waals surface area contributed by atoms with Crippen LogP contribution in [0, 0.1) is 17.1 Å². The Morgan fingerprint density at radius 1 is 1.26 bits per heavy atom. The predicted molar refractivity (Wildman–Crippen MR) is 89.0 cm³/mol. The fraction of sp³-hybridized carbons (Fsp3) is 0.176. The molecule has 1 heterocycles. The largest absolute Gasteiger partial charge is 0.326 e. The van der Waals surface area contributed by atoms with E-state index in [4.69, 9.17) is 5.26 Å². The van der Waals surface area contributed by atoms with Gasteiger partial charge in [0.25, 0.3) is 0 Å². The van der Waals surface area contributed by atoms with Crippen molar-refractivity contribution in [1.29, 1.82) is 5.26 Å². The number of nitrogens with one attached hydrogen (secondary N) is 1. The first-order chi connectivity index (χ1) is 11.2. The third kappa shape index (κ3) is 3.30. The highest BCUT2D eigenvalue weighted by molar-refractivity contribution is 7.99. The van der Waals surface area contributed by atoms with Crippen molar-refractivity contribution in [3.63, 3.8) is 0 Å². The molecule has 0 saturated carbocycles. The van der Waals surface area contributed by atoms with Gasteiger partial charge in [0.1, 0.15) is 5.82 Å². The number of imidazole rings is 1. The molecule has 2 aromatic carbocycles. The Labute approximate surface area is 136 Å². The number of benzene rings is 2. The summed E-state index contributed by atoms with van der Waals surface area (Å²) in [4.78, 5) is 15.3. The highest BCUT2D eigenvalue weighted by Gasteiger charge is 2.07. The second kappa shape index (κ2) is 6.71. The average molecular weight is 327 g/mol. The summed E-state index contributed by atoms with van der Waals surface area (Å²) < 4.78 is 15.5. The minimum Gasteiger partial charge on any atom is -0.306 e. The molecule has 0 saturated heterocycles. The maximum atomic E-state index is 13.8. The highest BCUT2D eigenvalue weighted by atomic mass is 32.2. The molecule has 0 aliphatic rings. The molecule has 0 amide bonds. The fourth-order valence-corrected chi connectivity index (χ4v) is 3.28. The molecule has 0 aliphatic carbocycles. The molecule has 0 spiro atoms. The highest BCUT2D eigenvalue weighted by Crippen LogP contribution is 2.23.